The predicted octanol–water partition coefficient (Wildman–Crippen LogP) is -0.351. The van der Waals surface area contributed by atoms with Crippen LogP contribution in [0, 0.1) is 6.08 Å². The number of rotatable bonds is 0. The maximum absolute atomic E-state index is 12.2. The topological polar surface area (TPSA) is 121 Å². The Morgan fingerprint density at radius 3 is 2.71 bits per heavy atom. The van der Waals surface area contributed by atoms with Crippen LogP contribution < -0.4 is 5.50 Å². The van der Waals surface area contributed by atoms with Crippen LogP contribution in [0.3, 0.4) is 0 Å². The molecule has 0 bridgehead atoms. The molecule has 0 atom stereocenters. The van der Waals surface area contributed by atoms with Gasteiger partial charge < -0.3 is 14.8 Å². The van der Waals surface area contributed by atoms with Gasteiger partial charge in [0.15, 0.2) is 5.65 Å². The van der Waals surface area contributed by atoms with Crippen LogP contribution in [-0.4, -0.2) is 29.7 Å². The minimum absolute atomic E-state index is 0.354. The Morgan fingerprint density at radius 1 is 1.43 bits per heavy atom. The van der Waals surface area contributed by atoms with Gasteiger partial charge in [-0.25, -0.2) is 9.97 Å². The van der Waals surface area contributed by atoms with E-state index in [0.717, 1.165) is 0 Å². The molecule has 0 radical (unpaired) electrons. The van der Waals surface area contributed by atoms with E-state index in [2.05, 4.69) is 25.4 Å². The van der Waals surface area contributed by atoms with Crippen molar-refractivity contribution in [3.63, 3.8) is 0 Å². The Hall–Kier alpha value is -1.21. The van der Waals surface area contributed by atoms with Crippen molar-refractivity contribution in [2.75, 3.05) is 0 Å². The molecular formula is C5H7FN5O2P. The number of hydrogen-bond donors (Lipinski definition) is 4. The van der Waals surface area contributed by atoms with Gasteiger partial charge in [-0.3, -0.25) is 5.50 Å². The van der Waals surface area contributed by atoms with Crippen LogP contribution in [0.25, 0.3) is 11.2 Å². The lowest BCUT2D eigenvalue weighted by Gasteiger charge is -1.84. The van der Waals surface area contributed by atoms with Crippen molar-refractivity contribution in [2.45, 2.75) is 0 Å². The van der Waals surface area contributed by atoms with Gasteiger partial charge in [-0.2, -0.15) is 9.37 Å². The Balaban J connectivity index is 0.000000213. The first-order chi connectivity index (χ1) is 6.59. The molecule has 0 saturated carbocycles. The van der Waals surface area contributed by atoms with E-state index in [1.165, 1.54) is 12.5 Å². The number of H-pyrrole nitrogens is 1. The molecule has 2 aromatic heterocycles. The lowest BCUT2D eigenvalue weighted by Crippen LogP contribution is -1.87. The summed E-state index contributed by atoms with van der Waals surface area (Å²) < 4.78 is 12.2. The Kier molecular flexibility index (Phi) is 3.78. The van der Waals surface area contributed by atoms with Gasteiger partial charge in [-0.05, 0) is 0 Å². The van der Waals surface area contributed by atoms with Crippen molar-refractivity contribution in [1.82, 2.24) is 19.9 Å². The fourth-order valence-electron chi connectivity index (χ4n) is 0.715. The molecule has 76 valence electrons. The highest BCUT2D eigenvalue weighted by Crippen LogP contribution is 2.05. The van der Waals surface area contributed by atoms with Gasteiger partial charge in [0.1, 0.15) is 5.52 Å². The molecule has 0 aliphatic heterocycles. The van der Waals surface area contributed by atoms with Gasteiger partial charge in [-0.15, -0.1) is 0 Å². The van der Waals surface area contributed by atoms with Gasteiger partial charge in [-0.1, -0.05) is 0 Å². The number of aromatic nitrogens is 4. The summed E-state index contributed by atoms with van der Waals surface area (Å²) in [5.74, 6) is 0. The first kappa shape index (κ1) is 10.9. The van der Waals surface area contributed by atoms with Gasteiger partial charge >= 0.3 is 6.08 Å². The molecule has 7 nitrogen and oxygen atoms in total. The number of imidazole rings is 1. The molecule has 2 rings (SSSR count). The molecule has 14 heavy (non-hydrogen) atoms. The van der Waals surface area contributed by atoms with Crippen molar-refractivity contribution in [3.05, 3.63) is 18.6 Å². The molecule has 0 spiro atoms. The van der Waals surface area contributed by atoms with Crippen molar-refractivity contribution in [3.8, 4) is 0 Å². The van der Waals surface area contributed by atoms with Gasteiger partial charge in [0, 0.05) is 0 Å². The highest BCUT2D eigenvalue weighted by molar-refractivity contribution is 7.42. The third-order valence-corrected chi connectivity index (χ3v) is 1.15. The first-order valence-electron chi connectivity index (χ1n) is 3.34. The second-order valence-corrected chi connectivity index (χ2v) is 2.74. The second kappa shape index (κ2) is 4.87. The summed E-state index contributed by atoms with van der Waals surface area (Å²) in [6, 6.07) is 0. The standard InChI is InChI=1S/C5H3FN4.H4NO2P/c6-5-7-1-3-4(10-5)9-2-8-3;1-4(2)3/h1-2H,(H,7,8,9,10);2-3H,1H2. The number of hydrogen-bond acceptors (Lipinski definition) is 6. The van der Waals surface area contributed by atoms with Crippen LogP contribution in [0.4, 0.5) is 4.39 Å². The molecule has 0 saturated heterocycles. The zero-order valence-corrected chi connectivity index (χ0v) is 7.69. The molecule has 0 unspecified atom stereocenters. The third kappa shape index (κ3) is 3.27. The van der Waals surface area contributed by atoms with Gasteiger partial charge in [0.2, 0.25) is 8.53 Å². The maximum atomic E-state index is 12.2. The second-order valence-electron chi connectivity index (χ2n) is 2.10. The summed E-state index contributed by atoms with van der Waals surface area (Å²) in [4.78, 5) is 28.1. The molecule has 2 aromatic rings. The highest BCUT2D eigenvalue weighted by Gasteiger charge is 1.98. The van der Waals surface area contributed by atoms with E-state index >= 15 is 0 Å². The van der Waals surface area contributed by atoms with E-state index in [9.17, 15) is 4.39 Å². The van der Waals surface area contributed by atoms with Crippen molar-refractivity contribution in [2.24, 2.45) is 5.50 Å². The van der Waals surface area contributed by atoms with E-state index in [4.69, 9.17) is 9.79 Å². The van der Waals surface area contributed by atoms with Crippen LogP contribution in [0.15, 0.2) is 12.5 Å². The Labute approximate surface area is 78.8 Å². The zero-order valence-electron chi connectivity index (χ0n) is 6.79. The quantitative estimate of drug-likeness (QED) is 0.355. The van der Waals surface area contributed by atoms with Gasteiger partial charge in [0.05, 0.1) is 12.5 Å². The van der Waals surface area contributed by atoms with E-state index in [1.54, 1.807) is 0 Å². The highest BCUT2D eigenvalue weighted by atomic mass is 31.2. The average molecular weight is 219 g/mol. The summed E-state index contributed by atoms with van der Waals surface area (Å²) in [6.45, 7) is 0. The molecule has 0 aromatic carbocycles. The minimum Gasteiger partial charge on any atom is -0.342 e. The zero-order chi connectivity index (χ0) is 10.6. The Morgan fingerprint density at radius 2 is 2.07 bits per heavy atom. The van der Waals surface area contributed by atoms with E-state index in [-0.39, 0.29) is 0 Å². The summed E-state index contributed by atoms with van der Waals surface area (Å²) in [5.41, 5.74) is 5.28. The number of nitrogens with two attached hydrogens (primary N) is 1. The van der Waals surface area contributed by atoms with E-state index < -0.39 is 14.6 Å². The molecular weight excluding hydrogens is 212 g/mol. The molecule has 0 fully saturated rings. The summed E-state index contributed by atoms with van der Waals surface area (Å²) in [5, 5.41) is 0. The van der Waals surface area contributed by atoms with Gasteiger partial charge in [0.25, 0.3) is 0 Å². The largest absolute Gasteiger partial charge is 0.342 e. The van der Waals surface area contributed by atoms with Crippen molar-refractivity contribution in [1.29, 1.82) is 0 Å². The summed E-state index contributed by atoms with van der Waals surface area (Å²) >= 11 is 0. The lowest BCUT2D eigenvalue weighted by molar-refractivity contribution is 0.485. The number of nitrogens with one attached hydrogen (secondary N) is 1. The Bertz CT molecular complexity index is 405. The minimum atomic E-state index is -2.12. The molecule has 0 aliphatic carbocycles. The summed E-state index contributed by atoms with van der Waals surface area (Å²) in [6.07, 6.45) is 2.04. The third-order valence-electron chi connectivity index (χ3n) is 1.15. The molecule has 5 N–H and O–H groups in total. The number of fused-ring (bicyclic) bond motifs is 1. The molecule has 0 aliphatic rings. The SMILES string of the molecule is Fc1ncc2[nH]cnc2n1.NP(O)O. The van der Waals surface area contributed by atoms with Crippen molar-refractivity contribution < 1.29 is 14.2 Å². The lowest BCUT2D eigenvalue weighted by atomic mass is 10.6. The number of halogens is 1. The fraction of sp³-hybridized carbons (Fsp3) is 0. The predicted molar refractivity (Wildman–Crippen MR) is 47.2 cm³/mol. The monoisotopic (exact) mass is 219 g/mol. The van der Waals surface area contributed by atoms with E-state index in [1.807, 2.05) is 0 Å². The summed E-state index contributed by atoms with van der Waals surface area (Å²) in [7, 11) is -2.12. The average Bonchev–Trinajstić information content (AvgIpc) is 2.49. The van der Waals surface area contributed by atoms with Crippen LogP contribution in [0.1, 0.15) is 0 Å². The molecule has 0 amide bonds. The van der Waals surface area contributed by atoms with E-state index in [0.29, 0.717) is 11.2 Å². The van der Waals surface area contributed by atoms with Crippen LogP contribution in [-0.2, 0) is 0 Å². The number of aromatic amines is 1. The maximum Gasteiger partial charge on any atom is 0.310 e. The fourth-order valence-corrected chi connectivity index (χ4v) is 0.715. The first-order valence-corrected chi connectivity index (χ1v) is 4.65. The molecule has 9 heteroatoms. The van der Waals surface area contributed by atoms with Crippen LogP contribution in [0.5, 0.6) is 0 Å². The number of nitrogens with zero attached hydrogens (tertiary/aromatic N) is 3. The smallest absolute Gasteiger partial charge is 0.310 e. The van der Waals surface area contributed by atoms with Crippen LogP contribution >= 0.6 is 8.53 Å². The van der Waals surface area contributed by atoms with Crippen LogP contribution in [0.2, 0.25) is 0 Å². The van der Waals surface area contributed by atoms with Crippen molar-refractivity contribution >= 4 is 19.7 Å². The molecule has 2 heterocycles. The normalized spacial score (nSPS) is 10.1.